The minimum atomic E-state index is -1.51. The Kier molecular flexibility index (Phi) is 5.76. The Bertz CT molecular complexity index is 1060. The number of halogens is 1. The van der Waals surface area contributed by atoms with Crippen molar-refractivity contribution in [1.29, 1.82) is 0 Å². The van der Waals surface area contributed by atoms with E-state index >= 15 is 4.39 Å². The number of carboxylic acids is 1. The van der Waals surface area contributed by atoms with Gasteiger partial charge in [0.05, 0.1) is 30.7 Å². The predicted octanol–water partition coefficient (Wildman–Crippen LogP) is -2.00. The smallest absolute Gasteiger partial charge is 0.543 e. The van der Waals surface area contributed by atoms with Crippen LogP contribution in [0.5, 0.6) is 5.75 Å². The van der Waals surface area contributed by atoms with Crippen molar-refractivity contribution in [2.24, 2.45) is 7.05 Å². The van der Waals surface area contributed by atoms with Gasteiger partial charge in [-0.05, 0) is 26.0 Å². The maximum absolute atomic E-state index is 15.8. The SMILES string of the molecule is COc1cc2ncc(-c3cc(C(=O)[O-])n(C)n3)n2cc1C1(F)CCN(C)CC1.[Li+]. The van der Waals surface area contributed by atoms with E-state index in [9.17, 15) is 9.90 Å². The van der Waals surface area contributed by atoms with E-state index in [4.69, 9.17) is 4.74 Å². The van der Waals surface area contributed by atoms with Crippen molar-refractivity contribution in [3.05, 3.63) is 35.8 Å². The number of fused-ring (bicyclic) bond motifs is 1. The summed E-state index contributed by atoms with van der Waals surface area (Å²) >= 11 is 0. The van der Waals surface area contributed by atoms with Gasteiger partial charge in [-0.3, -0.25) is 9.08 Å². The van der Waals surface area contributed by atoms with Crippen molar-refractivity contribution < 1.29 is 37.9 Å². The minimum Gasteiger partial charge on any atom is -0.543 e. The molecule has 3 aromatic rings. The van der Waals surface area contributed by atoms with Gasteiger partial charge in [0.1, 0.15) is 22.8 Å². The van der Waals surface area contributed by atoms with Crippen LogP contribution in [0.25, 0.3) is 17.0 Å². The summed E-state index contributed by atoms with van der Waals surface area (Å²) in [5.41, 5.74) is 0.461. The molecule has 1 fully saturated rings. The van der Waals surface area contributed by atoms with Gasteiger partial charge >= 0.3 is 18.9 Å². The molecule has 1 aliphatic heterocycles. The molecule has 0 atom stereocenters. The van der Waals surface area contributed by atoms with Crippen LogP contribution >= 0.6 is 0 Å². The van der Waals surface area contributed by atoms with Crippen LogP contribution in [0.4, 0.5) is 4.39 Å². The van der Waals surface area contributed by atoms with Gasteiger partial charge in [-0.25, -0.2) is 9.37 Å². The number of carbonyl (C=O) groups is 1. The number of imidazole rings is 1. The van der Waals surface area contributed by atoms with Crippen LogP contribution in [0.1, 0.15) is 28.9 Å². The second-order valence-electron chi connectivity index (χ2n) is 7.22. The van der Waals surface area contributed by atoms with Gasteiger partial charge in [-0.2, -0.15) is 5.10 Å². The molecule has 0 aliphatic carbocycles. The number of piperidine rings is 1. The number of pyridine rings is 1. The number of alkyl halides is 1. The molecule has 148 valence electrons. The summed E-state index contributed by atoms with van der Waals surface area (Å²) in [5, 5.41) is 15.5. The molecular formula is C19H21FLiN5O3. The van der Waals surface area contributed by atoms with Crippen LogP contribution in [0, 0.1) is 0 Å². The van der Waals surface area contributed by atoms with Gasteiger partial charge in [0.15, 0.2) is 0 Å². The molecule has 0 radical (unpaired) electrons. The molecule has 0 N–H and O–H groups in total. The van der Waals surface area contributed by atoms with E-state index in [1.165, 1.54) is 24.9 Å². The van der Waals surface area contributed by atoms with Crippen molar-refractivity contribution >= 4 is 11.6 Å². The average molecular weight is 393 g/mol. The maximum atomic E-state index is 15.8. The quantitative estimate of drug-likeness (QED) is 0.477. The predicted molar refractivity (Wildman–Crippen MR) is 97.8 cm³/mol. The number of aryl methyl sites for hydroxylation is 1. The summed E-state index contributed by atoms with van der Waals surface area (Å²) in [7, 11) is 5.02. The van der Waals surface area contributed by atoms with E-state index in [-0.39, 0.29) is 24.6 Å². The molecule has 4 rings (SSSR count). The monoisotopic (exact) mass is 393 g/mol. The fourth-order valence-corrected chi connectivity index (χ4v) is 3.73. The molecule has 0 bridgehead atoms. The summed E-state index contributed by atoms with van der Waals surface area (Å²) < 4.78 is 24.2. The van der Waals surface area contributed by atoms with E-state index in [2.05, 4.69) is 15.0 Å². The number of hydrogen-bond acceptors (Lipinski definition) is 6. The van der Waals surface area contributed by atoms with Crippen LogP contribution in [-0.2, 0) is 12.7 Å². The fraction of sp³-hybridized carbons (Fsp3) is 0.421. The molecule has 10 heteroatoms. The average Bonchev–Trinajstić information content (AvgIpc) is 3.26. The van der Waals surface area contributed by atoms with Gasteiger partial charge in [0.2, 0.25) is 0 Å². The number of carboxylic acid groups (broad SMARTS) is 1. The molecular weight excluding hydrogens is 372 g/mol. The Morgan fingerprint density at radius 2 is 1.97 bits per heavy atom. The van der Waals surface area contributed by atoms with Gasteiger partial charge in [0, 0.05) is 38.0 Å². The Morgan fingerprint density at radius 3 is 2.55 bits per heavy atom. The summed E-state index contributed by atoms with van der Waals surface area (Å²) in [6.07, 6.45) is 4.01. The van der Waals surface area contributed by atoms with Gasteiger partial charge in [-0.15, -0.1) is 0 Å². The third-order valence-corrected chi connectivity index (χ3v) is 5.44. The summed E-state index contributed by atoms with van der Waals surface area (Å²) in [6, 6.07) is 3.12. The van der Waals surface area contributed by atoms with Crippen LogP contribution in [0.3, 0.4) is 0 Å². The second-order valence-corrected chi connectivity index (χ2v) is 7.22. The molecule has 0 saturated carbocycles. The van der Waals surface area contributed by atoms with Gasteiger partial charge in [-0.1, -0.05) is 0 Å². The standard InChI is InChI=1S/C19H22FN5O3.Li/c1-23-6-4-19(20,5-7-23)12-11-25-15(10-21-17(25)9-16(12)28-3)13-8-14(18(26)27)24(2)22-13;/h8-11H,4-7H2,1-3H3,(H,26,27);/q;+1/p-1. The van der Waals surface area contributed by atoms with E-state index < -0.39 is 11.6 Å². The molecule has 4 heterocycles. The number of hydrogen-bond donors (Lipinski definition) is 0. The molecule has 0 unspecified atom stereocenters. The van der Waals surface area contributed by atoms with Crippen LogP contribution in [-0.4, -0.2) is 57.3 Å². The Hall–Kier alpha value is -2.34. The van der Waals surface area contributed by atoms with Crippen molar-refractivity contribution in [2.75, 3.05) is 27.2 Å². The molecule has 0 amide bonds. The molecule has 0 aromatic carbocycles. The number of aromatic nitrogens is 4. The normalized spacial score (nSPS) is 16.6. The zero-order valence-corrected chi connectivity index (χ0v) is 17.0. The van der Waals surface area contributed by atoms with Gasteiger partial charge in [0.25, 0.3) is 0 Å². The first-order valence-electron chi connectivity index (χ1n) is 9.01. The number of aromatic carboxylic acids is 1. The third kappa shape index (κ3) is 3.66. The van der Waals surface area contributed by atoms with Crippen LogP contribution in [0.15, 0.2) is 24.5 Å². The summed E-state index contributed by atoms with van der Waals surface area (Å²) in [5.74, 6) is -0.861. The van der Waals surface area contributed by atoms with Crippen LogP contribution in [0.2, 0.25) is 0 Å². The van der Waals surface area contributed by atoms with Gasteiger partial charge < -0.3 is 19.5 Å². The molecule has 29 heavy (non-hydrogen) atoms. The summed E-state index contributed by atoms with van der Waals surface area (Å²) in [4.78, 5) is 17.7. The number of ether oxygens (including phenoxy) is 1. The van der Waals surface area contributed by atoms with Crippen LogP contribution < -0.4 is 28.7 Å². The Balaban J connectivity index is 0.00000240. The first-order chi connectivity index (χ1) is 13.3. The number of nitrogens with zero attached hydrogens (tertiary/aromatic N) is 5. The maximum Gasteiger partial charge on any atom is 1.00 e. The number of rotatable bonds is 4. The number of likely N-dealkylation sites (tertiary alicyclic amines) is 1. The largest absolute Gasteiger partial charge is 1.00 e. The topological polar surface area (TPSA) is 87.7 Å². The van der Waals surface area contributed by atoms with E-state index in [0.29, 0.717) is 54.3 Å². The molecule has 0 spiro atoms. The van der Waals surface area contributed by atoms with E-state index in [0.717, 1.165) is 0 Å². The first kappa shape index (κ1) is 21.4. The molecule has 1 aliphatic rings. The third-order valence-electron chi connectivity index (χ3n) is 5.44. The zero-order valence-electron chi connectivity index (χ0n) is 17.0. The molecule has 8 nitrogen and oxygen atoms in total. The summed E-state index contributed by atoms with van der Waals surface area (Å²) in [6.45, 7) is 1.31. The fourth-order valence-electron chi connectivity index (χ4n) is 3.73. The number of methoxy groups -OCH3 is 1. The Labute approximate surface area is 179 Å². The van der Waals surface area contributed by atoms with E-state index in [1.807, 2.05) is 7.05 Å². The van der Waals surface area contributed by atoms with E-state index in [1.54, 1.807) is 22.9 Å². The van der Waals surface area contributed by atoms with Crippen molar-refractivity contribution in [3.8, 4) is 17.1 Å². The molecule has 3 aromatic heterocycles. The first-order valence-corrected chi connectivity index (χ1v) is 9.01. The molecule has 1 saturated heterocycles. The second kappa shape index (κ2) is 7.82. The van der Waals surface area contributed by atoms with Crippen molar-refractivity contribution in [1.82, 2.24) is 24.1 Å². The van der Waals surface area contributed by atoms with Crippen molar-refractivity contribution in [3.63, 3.8) is 0 Å². The Morgan fingerprint density at radius 1 is 1.28 bits per heavy atom. The minimum absolute atomic E-state index is 0. The number of carbonyl (C=O) groups excluding carboxylic acids is 1. The zero-order chi connectivity index (χ0) is 20.1. The van der Waals surface area contributed by atoms with Crippen molar-refractivity contribution in [2.45, 2.75) is 18.5 Å².